The zero-order valence-electron chi connectivity index (χ0n) is 11.3. The molecule has 2 rings (SSSR count). The van der Waals surface area contributed by atoms with E-state index >= 15 is 0 Å². The SMILES string of the molecule is CC(=O)NCC(=O)N1CCO[C@H](c2ccc(Cl)cc2)C1. The third-order valence-electron chi connectivity index (χ3n) is 3.15. The first kappa shape index (κ1) is 14.8. The van der Waals surface area contributed by atoms with Crippen LogP contribution in [0.3, 0.4) is 0 Å². The molecule has 1 N–H and O–H groups in total. The number of hydrogen-bond acceptors (Lipinski definition) is 3. The van der Waals surface area contributed by atoms with Gasteiger partial charge in [-0.05, 0) is 17.7 Å². The predicted molar refractivity (Wildman–Crippen MR) is 75.4 cm³/mol. The third kappa shape index (κ3) is 3.95. The number of nitrogens with one attached hydrogen (secondary N) is 1. The number of ether oxygens (including phenoxy) is 1. The summed E-state index contributed by atoms with van der Waals surface area (Å²) in [5.41, 5.74) is 0.992. The number of amides is 2. The fourth-order valence-electron chi connectivity index (χ4n) is 2.07. The lowest BCUT2D eigenvalue weighted by molar-refractivity contribution is -0.139. The Hall–Kier alpha value is -1.59. The first-order valence-corrected chi connectivity index (χ1v) is 6.83. The molecular formula is C14H17ClN2O3. The maximum absolute atomic E-state index is 12.0. The van der Waals surface area contributed by atoms with Crippen LogP contribution in [0, 0.1) is 0 Å². The molecule has 1 saturated heterocycles. The number of rotatable bonds is 3. The highest BCUT2D eigenvalue weighted by Gasteiger charge is 2.25. The van der Waals surface area contributed by atoms with E-state index in [1.807, 2.05) is 12.1 Å². The Morgan fingerprint density at radius 2 is 2.10 bits per heavy atom. The van der Waals surface area contributed by atoms with Gasteiger partial charge in [-0.25, -0.2) is 0 Å². The van der Waals surface area contributed by atoms with Gasteiger partial charge >= 0.3 is 0 Å². The molecule has 1 aliphatic rings. The first-order chi connectivity index (χ1) is 9.56. The van der Waals surface area contributed by atoms with E-state index in [-0.39, 0.29) is 24.5 Å². The fraction of sp³-hybridized carbons (Fsp3) is 0.429. The van der Waals surface area contributed by atoms with Crippen molar-refractivity contribution in [1.29, 1.82) is 0 Å². The van der Waals surface area contributed by atoms with Crippen molar-refractivity contribution in [3.63, 3.8) is 0 Å². The lowest BCUT2D eigenvalue weighted by atomic mass is 10.1. The van der Waals surface area contributed by atoms with Crippen molar-refractivity contribution < 1.29 is 14.3 Å². The van der Waals surface area contributed by atoms with E-state index in [2.05, 4.69) is 5.32 Å². The molecule has 5 nitrogen and oxygen atoms in total. The number of nitrogens with zero attached hydrogens (tertiary/aromatic N) is 1. The molecule has 1 aliphatic heterocycles. The summed E-state index contributed by atoms with van der Waals surface area (Å²) in [7, 11) is 0. The van der Waals surface area contributed by atoms with Gasteiger partial charge in [0.05, 0.1) is 19.7 Å². The Bertz CT molecular complexity index is 490. The van der Waals surface area contributed by atoms with Crippen LogP contribution < -0.4 is 5.32 Å². The molecule has 1 heterocycles. The van der Waals surface area contributed by atoms with Gasteiger partial charge in [-0.3, -0.25) is 9.59 Å². The van der Waals surface area contributed by atoms with Crippen molar-refractivity contribution in [2.45, 2.75) is 13.0 Å². The maximum atomic E-state index is 12.0. The van der Waals surface area contributed by atoms with E-state index in [1.54, 1.807) is 17.0 Å². The summed E-state index contributed by atoms with van der Waals surface area (Å²) >= 11 is 5.86. The molecule has 1 aromatic carbocycles. The molecule has 0 unspecified atom stereocenters. The van der Waals surface area contributed by atoms with Crippen molar-refractivity contribution in [2.75, 3.05) is 26.2 Å². The van der Waals surface area contributed by atoms with E-state index in [0.29, 0.717) is 24.7 Å². The Labute approximate surface area is 122 Å². The summed E-state index contributed by atoms with van der Waals surface area (Å²) in [6, 6.07) is 7.40. The number of morpholine rings is 1. The molecule has 2 amide bonds. The van der Waals surface area contributed by atoms with Crippen LogP contribution in [0.15, 0.2) is 24.3 Å². The van der Waals surface area contributed by atoms with Crippen molar-refractivity contribution in [2.24, 2.45) is 0 Å². The number of carbonyl (C=O) groups excluding carboxylic acids is 2. The number of halogens is 1. The smallest absolute Gasteiger partial charge is 0.242 e. The lowest BCUT2D eigenvalue weighted by Crippen LogP contribution is -2.46. The van der Waals surface area contributed by atoms with Gasteiger partial charge in [0, 0.05) is 18.5 Å². The summed E-state index contributed by atoms with van der Waals surface area (Å²) in [6.07, 6.45) is -0.151. The average molecular weight is 297 g/mol. The van der Waals surface area contributed by atoms with Crippen LogP contribution >= 0.6 is 11.6 Å². The molecular weight excluding hydrogens is 280 g/mol. The molecule has 1 fully saturated rings. The summed E-state index contributed by atoms with van der Waals surface area (Å²) < 4.78 is 5.69. The summed E-state index contributed by atoms with van der Waals surface area (Å²) in [5.74, 6) is -0.302. The van der Waals surface area contributed by atoms with Crippen LogP contribution in [0.5, 0.6) is 0 Å². The second-order valence-corrected chi connectivity index (χ2v) is 5.10. The lowest BCUT2D eigenvalue weighted by Gasteiger charge is -2.33. The molecule has 108 valence electrons. The second-order valence-electron chi connectivity index (χ2n) is 4.66. The standard InChI is InChI=1S/C14H17ClN2O3/c1-10(18)16-8-14(19)17-6-7-20-13(9-17)11-2-4-12(15)5-3-11/h2-5,13H,6-9H2,1H3,(H,16,18)/t13-/m0/s1. The molecule has 0 radical (unpaired) electrons. The summed E-state index contributed by atoms with van der Waals surface area (Å²) in [4.78, 5) is 24.5. The molecule has 0 saturated carbocycles. The largest absolute Gasteiger partial charge is 0.370 e. The Balaban J connectivity index is 1.96. The van der Waals surface area contributed by atoms with Crippen LogP contribution in [0.4, 0.5) is 0 Å². The highest BCUT2D eigenvalue weighted by atomic mass is 35.5. The molecule has 0 spiro atoms. The van der Waals surface area contributed by atoms with E-state index in [0.717, 1.165) is 5.56 Å². The molecule has 1 atom stereocenters. The van der Waals surface area contributed by atoms with Gasteiger partial charge in [-0.15, -0.1) is 0 Å². The van der Waals surface area contributed by atoms with E-state index in [4.69, 9.17) is 16.3 Å². The van der Waals surface area contributed by atoms with Crippen LogP contribution in [-0.2, 0) is 14.3 Å². The minimum absolute atomic E-state index is 0.0304. The van der Waals surface area contributed by atoms with Crippen molar-refractivity contribution in [1.82, 2.24) is 10.2 Å². The summed E-state index contributed by atoms with van der Waals surface area (Å²) in [6.45, 7) is 2.94. The predicted octanol–water partition coefficient (Wildman–Crippen LogP) is 1.38. The van der Waals surface area contributed by atoms with Crippen molar-refractivity contribution >= 4 is 23.4 Å². The van der Waals surface area contributed by atoms with Crippen LogP contribution in [0.2, 0.25) is 5.02 Å². The van der Waals surface area contributed by atoms with Crippen molar-refractivity contribution in [3.8, 4) is 0 Å². The maximum Gasteiger partial charge on any atom is 0.242 e. The van der Waals surface area contributed by atoms with Gasteiger partial charge < -0.3 is 15.0 Å². The molecule has 6 heteroatoms. The molecule has 0 aromatic heterocycles. The van der Waals surface area contributed by atoms with E-state index in [9.17, 15) is 9.59 Å². The fourth-order valence-corrected chi connectivity index (χ4v) is 2.19. The number of benzene rings is 1. The van der Waals surface area contributed by atoms with Gasteiger partial charge in [0.2, 0.25) is 11.8 Å². The molecule has 0 bridgehead atoms. The van der Waals surface area contributed by atoms with Gasteiger partial charge in [0.15, 0.2) is 0 Å². The number of carbonyl (C=O) groups is 2. The van der Waals surface area contributed by atoms with Crippen LogP contribution in [-0.4, -0.2) is 43.0 Å². The highest BCUT2D eigenvalue weighted by molar-refractivity contribution is 6.30. The molecule has 1 aromatic rings. The minimum Gasteiger partial charge on any atom is -0.370 e. The topological polar surface area (TPSA) is 58.6 Å². The molecule has 20 heavy (non-hydrogen) atoms. The Kier molecular flexibility index (Phi) is 4.98. The second kappa shape index (κ2) is 6.72. The number of hydrogen-bond donors (Lipinski definition) is 1. The first-order valence-electron chi connectivity index (χ1n) is 6.45. The quantitative estimate of drug-likeness (QED) is 0.917. The van der Waals surface area contributed by atoms with Gasteiger partial charge in [-0.2, -0.15) is 0 Å². The third-order valence-corrected chi connectivity index (χ3v) is 3.40. The van der Waals surface area contributed by atoms with Gasteiger partial charge in [-0.1, -0.05) is 23.7 Å². The van der Waals surface area contributed by atoms with Crippen molar-refractivity contribution in [3.05, 3.63) is 34.9 Å². The minimum atomic E-state index is -0.208. The normalized spacial score (nSPS) is 18.7. The zero-order chi connectivity index (χ0) is 14.5. The Morgan fingerprint density at radius 3 is 2.75 bits per heavy atom. The Morgan fingerprint density at radius 1 is 1.40 bits per heavy atom. The summed E-state index contributed by atoms with van der Waals surface area (Å²) in [5, 5.41) is 3.19. The van der Waals surface area contributed by atoms with Gasteiger partial charge in [0.25, 0.3) is 0 Å². The average Bonchev–Trinajstić information content (AvgIpc) is 2.45. The van der Waals surface area contributed by atoms with Crippen LogP contribution in [0.25, 0.3) is 0 Å². The monoisotopic (exact) mass is 296 g/mol. The van der Waals surface area contributed by atoms with E-state index in [1.165, 1.54) is 6.92 Å². The zero-order valence-corrected chi connectivity index (χ0v) is 12.0. The molecule has 0 aliphatic carbocycles. The van der Waals surface area contributed by atoms with Crippen LogP contribution in [0.1, 0.15) is 18.6 Å². The highest BCUT2D eigenvalue weighted by Crippen LogP contribution is 2.23. The van der Waals surface area contributed by atoms with E-state index < -0.39 is 0 Å². The van der Waals surface area contributed by atoms with Gasteiger partial charge in [0.1, 0.15) is 6.10 Å².